The summed E-state index contributed by atoms with van der Waals surface area (Å²) in [6, 6.07) is 11.6. The zero-order chi connectivity index (χ0) is 23.4. The van der Waals surface area contributed by atoms with Crippen molar-refractivity contribution in [3.63, 3.8) is 0 Å². The summed E-state index contributed by atoms with van der Waals surface area (Å²) in [5, 5.41) is 6.48. The van der Waals surface area contributed by atoms with Crippen molar-refractivity contribution in [1.29, 1.82) is 0 Å². The van der Waals surface area contributed by atoms with E-state index in [1.165, 1.54) is 6.07 Å². The van der Waals surface area contributed by atoms with Crippen LogP contribution in [0, 0.1) is 0 Å². The molecule has 2 aromatic rings. The molecule has 2 aliphatic heterocycles. The van der Waals surface area contributed by atoms with Gasteiger partial charge in [-0.3, -0.25) is 4.79 Å². The fourth-order valence-electron chi connectivity index (χ4n) is 3.80. The lowest BCUT2D eigenvalue weighted by atomic mass is 10.0. The highest BCUT2D eigenvalue weighted by atomic mass is 19.4. The van der Waals surface area contributed by atoms with Crippen molar-refractivity contribution in [2.24, 2.45) is 5.16 Å². The average Bonchev–Trinajstić information content (AvgIpc) is 3.50. The van der Waals surface area contributed by atoms with Crippen LogP contribution in [-0.2, 0) is 15.8 Å². The first-order valence-corrected chi connectivity index (χ1v) is 10.8. The Hall–Kier alpha value is -3.30. The van der Waals surface area contributed by atoms with Gasteiger partial charge in [-0.2, -0.15) is 13.2 Å². The maximum atomic E-state index is 12.9. The van der Waals surface area contributed by atoms with Crippen LogP contribution in [0.4, 0.5) is 19.0 Å². The van der Waals surface area contributed by atoms with Gasteiger partial charge < -0.3 is 19.8 Å². The van der Waals surface area contributed by atoms with Crippen molar-refractivity contribution in [3.8, 4) is 5.75 Å². The number of carbonyl (C=O) groups is 1. The zero-order valence-corrected chi connectivity index (χ0v) is 18.1. The molecule has 0 bridgehead atoms. The number of rotatable bonds is 7. The quantitative estimate of drug-likeness (QED) is 0.678. The first kappa shape index (κ1) is 22.9. The number of pyridine rings is 1. The molecule has 176 valence electrons. The Balaban J connectivity index is 1.27. The number of nitrogens with one attached hydrogen (secondary N) is 1. The van der Waals surface area contributed by atoms with Gasteiger partial charge in [-0.15, -0.1) is 0 Å². The Morgan fingerprint density at radius 1 is 1.27 bits per heavy atom. The second-order valence-corrected chi connectivity index (χ2v) is 8.19. The number of amides is 1. The second-order valence-electron chi connectivity index (χ2n) is 8.19. The van der Waals surface area contributed by atoms with Gasteiger partial charge in [0.2, 0.25) is 6.10 Å². The summed E-state index contributed by atoms with van der Waals surface area (Å²) in [4.78, 5) is 22.6. The molecule has 1 aromatic heterocycles. The van der Waals surface area contributed by atoms with Crippen LogP contribution in [0.15, 0.2) is 47.6 Å². The molecule has 0 radical (unpaired) electrons. The molecule has 1 aromatic carbocycles. The van der Waals surface area contributed by atoms with Crippen LogP contribution in [0.5, 0.6) is 5.75 Å². The summed E-state index contributed by atoms with van der Waals surface area (Å²) in [6.45, 7) is 3.52. The number of ether oxygens (including phenoxy) is 1. The van der Waals surface area contributed by atoms with Crippen LogP contribution in [-0.4, -0.2) is 48.9 Å². The van der Waals surface area contributed by atoms with Gasteiger partial charge in [0.15, 0.2) is 0 Å². The van der Waals surface area contributed by atoms with E-state index in [1.54, 1.807) is 17.2 Å². The Morgan fingerprint density at radius 3 is 2.76 bits per heavy atom. The van der Waals surface area contributed by atoms with Crippen LogP contribution in [0.25, 0.3) is 0 Å². The third kappa shape index (κ3) is 5.74. The van der Waals surface area contributed by atoms with E-state index in [-0.39, 0.29) is 17.9 Å². The highest BCUT2D eigenvalue weighted by Gasteiger charge is 2.33. The van der Waals surface area contributed by atoms with Crippen molar-refractivity contribution in [3.05, 3.63) is 53.7 Å². The Morgan fingerprint density at radius 2 is 2.06 bits per heavy atom. The van der Waals surface area contributed by atoms with E-state index >= 15 is 0 Å². The van der Waals surface area contributed by atoms with Crippen molar-refractivity contribution in [2.75, 3.05) is 24.5 Å². The van der Waals surface area contributed by atoms with Gasteiger partial charge in [0.05, 0.1) is 6.54 Å². The number of benzene rings is 1. The third-order valence-electron chi connectivity index (χ3n) is 5.70. The molecule has 33 heavy (non-hydrogen) atoms. The Kier molecular flexibility index (Phi) is 6.71. The zero-order valence-electron chi connectivity index (χ0n) is 18.1. The molecule has 3 heterocycles. The number of carbonyl (C=O) groups excluding carboxylic acids is 1. The largest absolute Gasteiger partial charge is 0.489 e. The van der Waals surface area contributed by atoms with Gasteiger partial charge in [-0.25, -0.2) is 4.98 Å². The molecule has 0 saturated carbocycles. The van der Waals surface area contributed by atoms with Crippen LogP contribution < -0.4 is 15.0 Å². The molecule has 1 amide bonds. The molecule has 0 spiro atoms. The van der Waals surface area contributed by atoms with Gasteiger partial charge in [-0.05, 0) is 35.7 Å². The average molecular weight is 462 g/mol. The van der Waals surface area contributed by atoms with E-state index in [1.807, 2.05) is 31.2 Å². The number of alkyl halides is 3. The molecule has 1 unspecified atom stereocenters. The van der Waals surface area contributed by atoms with E-state index in [0.717, 1.165) is 11.6 Å². The molecule has 10 heteroatoms. The minimum absolute atomic E-state index is 0.0966. The first-order chi connectivity index (χ1) is 15.8. The normalized spacial score (nSPS) is 21.0. The van der Waals surface area contributed by atoms with Crippen LogP contribution >= 0.6 is 0 Å². The maximum Gasteiger partial charge on any atom is 0.433 e. The highest BCUT2D eigenvalue weighted by molar-refractivity contribution is 5.84. The SMILES string of the molecule is C[C@H](CNC(=O)C1CC=NO1)c1ccc(O[C@@H]2CCN(c3cccc(C(F)(F)F)n3)C2)cc1. The van der Waals surface area contributed by atoms with Gasteiger partial charge in [0.25, 0.3) is 5.91 Å². The second kappa shape index (κ2) is 9.68. The van der Waals surface area contributed by atoms with Crippen LogP contribution in [0.3, 0.4) is 0 Å². The molecule has 7 nitrogen and oxygen atoms in total. The summed E-state index contributed by atoms with van der Waals surface area (Å²) < 4.78 is 44.8. The lowest BCUT2D eigenvalue weighted by molar-refractivity contribution is -0.141. The predicted octanol–water partition coefficient (Wildman–Crippen LogP) is 3.75. The van der Waals surface area contributed by atoms with E-state index < -0.39 is 18.0 Å². The van der Waals surface area contributed by atoms with E-state index in [9.17, 15) is 18.0 Å². The molecule has 1 N–H and O–H groups in total. The topological polar surface area (TPSA) is 76.1 Å². The van der Waals surface area contributed by atoms with Crippen LogP contribution in [0.1, 0.15) is 36.9 Å². The fraction of sp³-hybridized carbons (Fsp3) is 0.435. The summed E-state index contributed by atoms with van der Waals surface area (Å²) in [5.74, 6) is 0.909. The van der Waals surface area contributed by atoms with Crippen molar-refractivity contribution >= 4 is 17.9 Å². The van der Waals surface area contributed by atoms with Crippen molar-refractivity contribution in [2.45, 2.75) is 44.1 Å². The summed E-state index contributed by atoms with van der Waals surface area (Å²) in [6.07, 6.45) is -2.41. The van der Waals surface area contributed by atoms with Gasteiger partial charge >= 0.3 is 6.18 Å². The number of hydrogen-bond acceptors (Lipinski definition) is 6. The number of nitrogens with zero attached hydrogens (tertiary/aromatic N) is 3. The van der Waals surface area contributed by atoms with Gasteiger partial charge in [-0.1, -0.05) is 30.3 Å². The van der Waals surface area contributed by atoms with E-state index in [4.69, 9.17) is 9.57 Å². The summed E-state index contributed by atoms with van der Waals surface area (Å²) >= 11 is 0. The Labute approximate surface area is 189 Å². The van der Waals surface area contributed by atoms with E-state index in [2.05, 4.69) is 15.5 Å². The lowest BCUT2D eigenvalue weighted by Gasteiger charge is -2.19. The molecule has 4 rings (SSSR count). The number of aromatic nitrogens is 1. The number of anilines is 1. The van der Waals surface area contributed by atoms with Gasteiger partial charge in [0, 0.05) is 32.1 Å². The fourth-order valence-corrected chi connectivity index (χ4v) is 3.80. The minimum Gasteiger partial charge on any atom is -0.489 e. The molecule has 1 fully saturated rings. The highest BCUT2D eigenvalue weighted by Crippen LogP contribution is 2.30. The molecule has 0 aliphatic carbocycles. The summed E-state index contributed by atoms with van der Waals surface area (Å²) in [5.41, 5.74) is 0.154. The minimum atomic E-state index is -4.47. The van der Waals surface area contributed by atoms with Gasteiger partial charge in [0.1, 0.15) is 23.4 Å². The molecular formula is C23H25F3N4O3. The standard InChI is InChI=1S/C23H25F3N4O3/c1-15(13-27-22(31)19-9-11-28-33-19)16-5-7-17(8-6-16)32-18-10-12-30(14-18)21-4-2-3-20(29-21)23(24,25)26/h2-8,11,15,18-19H,9-10,12-14H2,1H3,(H,27,31)/t15-,18-,19?/m1/s1. The number of hydrogen-bond donors (Lipinski definition) is 1. The number of halogens is 3. The molecular weight excluding hydrogens is 437 g/mol. The Bertz CT molecular complexity index is 989. The monoisotopic (exact) mass is 462 g/mol. The summed E-state index contributed by atoms with van der Waals surface area (Å²) in [7, 11) is 0. The predicted molar refractivity (Wildman–Crippen MR) is 116 cm³/mol. The number of oxime groups is 1. The van der Waals surface area contributed by atoms with Crippen LogP contribution in [0.2, 0.25) is 0 Å². The smallest absolute Gasteiger partial charge is 0.433 e. The molecule has 3 atom stereocenters. The lowest BCUT2D eigenvalue weighted by Crippen LogP contribution is -2.36. The molecule has 1 saturated heterocycles. The molecule has 2 aliphatic rings. The van der Waals surface area contributed by atoms with Crippen molar-refractivity contribution in [1.82, 2.24) is 10.3 Å². The maximum absolute atomic E-state index is 12.9. The van der Waals surface area contributed by atoms with E-state index in [0.29, 0.717) is 44.0 Å². The van der Waals surface area contributed by atoms with Crippen molar-refractivity contribution < 1.29 is 27.5 Å². The third-order valence-corrected chi connectivity index (χ3v) is 5.70. The first-order valence-electron chi connectivity index (χ1n) is 10.8.